The van der Waals surface area contributed by atoms with E-state index in [2.05, 4.69) is 10.3 Å². The number of anilines is 1. The number of hydrogen-bond donors (Lipinski definition) is 1. The van der Waals surface area contributed by atoms with E-state index in [-0.39, 0.29) is 12.5 Å². The lowest BCUT2D eigenvalue weighted by atomic mass is 10.1. The predicted molar refractivity (Wildman–Crippen MR) is 128 cm³/mol. The van der Waals surface area contributed by atoms with Gasteiger partial charge in [0.25, 0.3) is 0 Å². The Hall–Kier alpha value is -4.04. The number of amides is 1. The van der Waals surface area contributed by atoms with Crippen molar-refractivity contribution in [3.05, 3.63) is 95.1 Å². The van der Waals surface area contributed by atoms with E-state index >= 15 is 0 Å². The Morgan fingerprint density at radius 1 is 1.09 bits per heavy atom. The van der Waals surface area contributed by atoms with Crippen molar-refractivity contribution in [2.45, 2.75) is 20.1 Å². The number of nitrogens with one attached hydrogen (secondary N) is 1. The molecule has 0 aliphatic heterocycles. The summed E-state index contributed by atoms with van der Waals surface area (Å²) in [4.78, 5) is 27.6. The lowest BCUT2D eigenvalue weighted by Crippen LogP contribution is -2.06. The third-order valence-corrected chi connectivity index (χ3v) is 5.43. The molecule has 1 amide bonds. The lowest BCUT2D eigenvalue weighted by molar-refractivity contribution is -0.139. The molecule has 0 aliphatic carbocycles. The van der Waals surface area contributed by atoms with Crippen molar-refractivity contribution in [2.75, 3.05) is 5.32 Å². The molecule has 4 rings (SSSR count). The van der Waals surface area contributed by atoms with E-state index in [1.54, 1.807) is 11.5 Å². The van der Waals surface area contributed by atoms with Crippen molar-refractivity contribution >= 4 is 34.4 Å². The summed E-state index contributed by atoms with van der Waals surface area (Å²) in [6.07, 6.45) is 5.01. The molecule has 0 aliphatic rings. The van der Waals surface area contributed by atoms with E-state index in [9.17, 15) is 9.59 Å². The first-order chi connectivity index (χ1) is 16.1. The second kappa shape index (κ2) is 10.5. The molecule has 0 saturated heterocycles. The first kappa shape index (κ1) is 22.2. The summed E-state index contributed by atoms with van der Waals surface area (Å²) >= 11 is 1.28. The minimum atomic E-state index is -0.487. The van der Waals surface area contributed by atoms with E-state index < -0.39 is 5.97 Å². The van der Waals surface area contributed by atoms with Gasteiger partial charge in [-0.15, -0.1) is 11.3 Å². The molecule has 33 heavy (non-hydrogen) atoms. The quantitative estimate of drug-likeness (QED) is 0.304. The first-order valence-electron chi connectivity index (χ1n) is 10.3. The molecule has 0 fully saturated rings. The summed E-state index contributed by atoms with van der Waals surface area (Å²) in [7, 11) is 0. The lowest BCUT2D eigenvalue weighted by Gasteiger charge is -2.01. The van der Waals surface area contributed by atoms with Gasteiger partial charge in [0.1, 0.15) is 6.61 Å². The van der Waals surface area contributed by atoms with Gasteiger partial charge in [-0.3, -0.25) is 9.48 Å². The number of aromatic nitrogens is 3. The molecular formula is C25H22N4O3S. The number of carbonyl (C=O) groups is 2. The van der Waals surface area contributed by atoms with E-state index in [4.69, 9.17) is 9.84 Å². The second-order valence-corrected chi connectivity index (χ2v) is 8.11. The molecule has 2 heterocycles. The number of benzene rings is 2. The standard InChI is InChI=1S/C25H22N4O3S/c1-18(30)26-25-27-22(17-33-25)16-32-23(31)13-12-21-15-29(14-19-8-4-2-5-9-19)28-24(21)20-10-6-3-7-11-20/h2-13,15,17H,14,16H2,1H3,(H,26,27,30)/b13-12+. The SMILES string of the molecule is CC(=O)Nc1nc(COC(=O)/C=C/c2cn(Cc3ccccc3)nc2-c2ccccc2)cs1. The van der Waals surface area contributed by atoms with E-state index in [1.165, 1.54) is 24.3 Å². The van der Waals surface area contributed by atoms with Gasteiger partial charge < -0.3 is 10.1 Å². The fraction of sp³-hybridized carbons (Fsp3) is 0.120. The zero-order valence-electron chi connectivity index (χ0n) is 18.0. The number of hydrogen-bond acceptors (Lipinski definition) is 6. The highest BCUT2D eigenvalue weighted by Crippen LogP contribution is 2.24. The molecule has 4 aromatic rings. The Morgan fingerprint density at radius 2 is 1.82 bits per heavy atom. The molecule has 0 bridgehead atoms. The van der Waals surface area contributed by atoms with Crippen LogP contribution in [0, 0.1) is 0 Å². The normalized spacial score (nSPS) is 10.9. The maximum absolute atomic E-state index is 12.3. The molecule has 2 aromatic heterocycles. The molecule has 7 nitrogen and oxygen atoms in total. The van der Waals surface area contributed by atoms with Crippen LogP contribution in [0.3, 0.4) is 0 Å². The zero-order valence-corrected chi connectivity index (χ0v) is 18.8. The Kier molecular flexibility index (Phi) is 7.06. The molecule has 8 heteroatoms. The van der Waals surface area contributed by atoms with Crippen LogP contribution in [-0.2, 0) is 27.5 Å². The molecule has 0 atom stereocenters. The molecule has 166 valence electrons. The Morgan fingerprint density at radius 3 is 2.55 bits per heavy atom. The van der Waals surface area contributed by atoms with Crippen LogP contribution in [0.25, 0.3) is 17.3 Å². The zero-order chi connectivity index (χ0) is 23.0. The maximum Gasteiger partial charge on any atom is 0.331 e. The topological polar surface area (TPSA) is 86.1 Å². The fourth-order valence-electron chi connectivity index (χ4n) is 3.16. The van der Waals surface area contributed by atoms with Crippen molar-refractivity contribution in [3.63, 3.8) is 0 Å². The van der Waals surface area contributed by atoms with Gasteiger partial charge in [-0.2, -0.15) is 5.10 Å². The summed E-state index contributed by atoms with van der Waals surface area (Å²) in [5.74, 6) is -0.684. The van der Waals surface area contributed by atoms with Gasteiger partial charge in [0.15, 0.2) is 5.13 Å². The maximum atomic E-state index is 12.3. The third kappa shape index (κ3) is 6.24. The number of ether oxygens (including phenoxy) is 1. The molecule has 0 unspecified atom stereocenters. The van der Waals surface area contributed by atoms with Crippen molar-refractivity contribution < 1.29 is 14.3 Å². The van der Waals surface area contributed by atoms with E-state index in [1.807, 2.05) is 71.5 Å². The first-order valence-corrected chi connectivity index (χ1v) is 11.2. The minimum absolute atomic E-state index is 0.0259. The highest BCUT2D eigenvalue weighted by molar-refractivity contribution is 7.13. The monoisotopic (exact) mass is 458 g/mol. The van der Waals surface area contributed by atoms with Crippen LogP contribution in [0.1, 0.15) is 23.7 Å². The number of rotatable bonds is 8. The third-order valence-electron chi connectivity index (χ3n) is 4.62. The molecule has 0 spiro atoms. The number of carbonyl (C=O) groups excluding carboxylic acids is 2. The van der Waals surface area contributed by atoms with Crippen molar-refractivity contribution in [1.29, 1.82) is 0 Å². The Labute approximate surface area is 195 Å². The summed E-state index contributed by atoms with van der Waals surface area (Å²) in [6, 6.07) is 19.9. The predicted octanol–water partition coefficient (Wildman–Crippen LogP) is 4.77. The average molecular weight is 459 g/mol. The van der Waals surface area contributed by atoms with Crippen LogP contribution in [0.2, 0.25) is 0 Å². The van der Waals surface area contributed by atoms with E-state index in [0.29, 0.717) is 17.4 Å². The van der Waals surface area contributed by atoms with Gasteiger partial charge in [-0.05, 0) is 11.6 Å². The van der Waals surface area contributed by atoms with Gasteiger partial charge in [0.05, 0.1) is 17.9 Å². The molecule has 1 N–H and O–H groups in total. The van der Waals surface area contributed by atoms with Crippen molar-refractivity contribution in [2.24, 2.45) is 0 Å². The minimum Gasteiger partial charge on any atom is -0.456 e. The Balaban J connectivity index is 1.46. The number of esters is 1. The average Bonchev–Trinajstić information content (AvgIpc) is 3.43. The van der Waals surface area contributed by atoms with Crippen molar-refractivity contribution in [3.8, 4) is 11.3 Å². The van der Waals surface area contributed by atoms with Crippen LogP contribution in [0.5, 0.6) is 0 Å². The van der Waals surface area contributed by atoms with Gasteiger partial charge in [0.2, 0.25) is 5.91 Å². The summed E-state index contributed by atoms with van der Waals surface area (Å²) in [5, 5.41) is 9.56. The molecular weight excluding hydrogens is 436 g/mol. The summed E-state index contributed by atoms with van der Waals surface area (Å²) < 4.78 is 7.16. The van der Waals surface area contributed by atoms with Crippen LogP contribution in [-0.4, -0.2) is 26.6 Å². The summed E-state index contributed by atoms with van der Waals surface area (Å²) in [5.41, 5.74) is 4.28. The van der Waals surface area contributed by atoms with Gasteiger partial charge in [-0.25, -0.2) is 9.78 Å². The van der Waals surface area contributed by atoms with Gasteiger partial charge >= 0.3 is 5.97 Å². The van der Waals surface area contributed by atoms with E-state index in [0.717, 1.165) is 22.4 Å². The number of nitrogens with zero attached hydrogens (tertiary/aromatic N) is 3. The number of thiazole rings is 1. The molecule has 2 aromatic carbocycles. The fourth-order valence-corrected chi connectivity index (χ4v) is 3.90. The smallest absolute Gasteiger partial charge is 0.331 e. The highest BCUT2D eigenvalue weighted by atomic mass is 32.1. The second-order valence-electron chi connectivity index (χ2n) is 7.25. The van der Waals surface area contributed by atoms with Gasteiger partial charge in [0, 0.05) is 35.7 Å². The van der Waals surface area contributed by atoms with Crippen molar-refractivity contribution in [1.82, 2.24) is 14.8 Å². The molecule has 0 radical (unpaired) electrons. The Bertz CT molecular complexity index is 1260. The largest absolute Gasteiger partial charge is 0.456 e. The summed E-state index contributed by atoms with van der Waals surface area (Å²) in [6.45, 7) is 2.06. The van der Waals surface area contributed by atoms with Crippen LogP contribution < -0.4 is 5.32 Å². The van der Waals surface area contributed by atoms with Gasteiger partial charge in [-0.1, -0.05) is 60.7 Å². The highest BCUT2D eigenvalue weighted by Gasteiger charge is 2.11. The molecule has 0 saturated carbocycles. The van der Waals surface area contributed by atoms with Crippen LogP contribution >= 0.6 is 11.3 Å². The van der Waals surface area contributed by atoms with Crippen LogP contribution in [0.15, 0.2) is 78.3 Å². The van der Waals surface area contributed by atoms with Crippen LogP contribution in [0.4, 0.5) is 5.13 Å².